The zero-order valence-corrected chi connectivity index (χ0v) is 13.6. The maximum atomic E-state index is 5.54. The summed E-state index contributed by atoms with van der Waals surface area (Å²) in [6, 6.07) is 0. The van der Waals surface area contributed by atoms with Crippen LogP contribution in [0.5, 0.6) is 0 Å². The number of nitrogens with one attached hydrogen (secondary N) is 1. The van der Waals surface area contributed by atoms with Crippen LogP contribution in [0.15, 0.2) is 6.20 Å². The predicted molar refractivity (Wildman–Crippen MR) is 85.6 cm³/mol. The van der Waals surface area contributed by atoms with E-state index >= 15 is 0 Å². The Balaban J connectivity index is 1.91. The molecule has 1 atom stereocenters. The van der Waals surface area contributed by atoms with Gasteiger partial charge in [0.1, 0.15) is 0 Å². The highest BCUT2D eigenvalue weighted by atomic mass is 16.5. The molecule has 2 rings (SSSR count). The molecule has 0 radical (unpaired) electrons. The molecule has 1 aromatic rings. The number of nitrogens with zero attached hydrogens (tertiary/aromatic N) is 3. The summed E-state index contributed by atoms with van der Waals surface area (Å²) >= 11 is 0. The van der Waals surface area contributed by atoms with Gasteiger partial charge in [-0.15, -0.1) is 0 Å². The lowest BCUT2D eigenvalue weighted by molar-refractivity contribution is 0.0575. The molecule has 0 aliphatic carbocycles. The van der Waals surface area contributed by atoms with Crippen molar-refractivity contribution in [3.05, 3.63) is 17.5 Å². The average molecular weight is 292 g/mol. The summed E-state index contributed by atoms with van der Waals surface area (Å²) in [6.45, 7) is 8.85. The van der Waals surface area contributed by atoms with E-state index in [1.54, 1.807) is 0 Å². The Kier molecular flexibility index (Phi) is 6.39. The van der Waals surface area contributed by atoms with Crippen LogP contribution in [0.2, 0.25) is 0 Å². The average Bonchev–Trinajstić information content (AvgIpc) is 2.50. The number of aromatic nitrogens is 2. The highest BCUT2D eigenvalue weighted by Gasteiger charge is 2.17. The quantitative estimate of drug-likeness (QED) is 0.780. The molecule has 1 aliphatic heterocycles. The summed E-state index contributed by atoms with van der Waals surface area (Å²) in [5.74, 6) is 1.41. The van der Waals surface area contributed by atoms with Gasteiger partial charge in [0.2, 0.25) is 5.95 Å². The lowest BCUT2D eigenvalue weighted by atomic mass is 10.0. The van der Waals surface area contributed by atoms with E-state index in [0.29, 0.717) is 5.92 Å². The second-order valence-corrected chi connectivity index (χ2v) is 5.92. The summed E-state index contributed by atoms with van der Waals surface area (Å²) in [5, 5.41) is 3.40. The van der Waals surface area contributed by atoms with Crippen LogP contribution in [-0.2, 0) is 11.3 Å². The maximum absolute atomic E-state index is 5.54. The number of aryl methyl sites for hydroxylation is 1. The lowest BCUT2D eigenvalue weighted by Gasteiger charge is -2.27. The molecule has 118 valence electrons. The minimum Gasteiger partial charge on any atom is -0.381 e. The molecule has 1 fully saturated rings. The Morgan fingerprint density at radius 2 is 2.33 bits per heavy atom. The van der Waals surface area contributed by atoms with Crippen LogP contribution in [0, 0.1) is 12.8 Å². The van der Waals surface area contributed by atoms with E-state index in [9.17, 15) is 0 Å². The van der Waals surface area contributed by atoms with E-state index in [1.807, 2.05) is 6.20 Å². The van der Waals surface area contributed by atoms with Gasteiger partial charge in [-0.1, -0.05) is 6.92 Å². The summed E-state index contributed by atoms with van der Waals surface area (Å²) < 4.78 is 5.54. The van der Waals surface area contributed by atoms with Crippen molar-refractivity contribution in [2.75, 3.05) is 38.3 Å². The molecule has 1 aromatic heterocycles. The van der Waals surface area contributed by atoms with Gasteiger partial charge in [0.15, 0.2) is 0 Å². The van der Waals surface area contributed by atoms with Gasteiger partial charge < -0.3 is 15.0 Å². The van der Waals surface area contributed by atoms with E-state index in [0.717, 1.165) is 50.9 Å². The van der Waals surface area contributed by atoms with Crippen LogP contribution in [0.4, 0.5) is 5.95 Å². The Labute approximate surface area is 128 Å². The van der Waals surface area contributed by atoms with E-state index in [4.69, 9.17) is 4.74 Å². The zero-order chi connectivity index (χ0) is 15.1. The van der Waals surface area contributed by atoms with Crippen molar-refractivity contribution < 1.29 is 4.74 Å². The summed E-state index contributed by atoms with van der Waals surface area (Å²) in [7, 11) is 2.07. The summed E-state index contributed by atoms with van der Waals surface area (Å²) in [6.07, 6.45) is 5.50. The SMILES string of the molecule is CCCNCc1cnc(N(C)CC2CCCOC2)nc1C. The molecule has 1 unspecified atom stereocenters. The standard InChI is InChI=1S/C16H28N4O/c1-4-7-17-9-15-10-18-16(19-13(15)2)20(3)11-14-6-5-8-21-12-14/h10,14,17H,4-9,11-12H2,1-3H3. The molecule has 0 spiro atoms. The van der Waals surface area contributed by atoms with Crippen molar-refractivity contribution in [1.82, 2.24) is 15.3 Å². The number of ether oxygens (including phenoxy) is 1. The number of hydrogen-bond donors (Lipinski definition) is 1. The first kappa shape index (κ1) is 16.2. The fourth-order valence-corrected chi connectivity index (χ4v) is 2.66. The molecule has 5 heteroatoms. The predicted octanol–water partition coefficient (Wildman–Crippen LogP) is 2.15. The molecule has 1 N–H and O–H groups in total. The largest absolute Gasteiger partial charge is 0.381 e. The molecule has 0 amide bonds. The third-order valence-corrected chi connectivity index (χ3v) is 3.94. The van der Waals surface area contributed by atoms with Crippen LogP contribution >= 0.6 is 0 Å². The second kappa shape index (κ2) is 8.29. The van der Waals surface area contributed by atoms with Crippen LogP contribution < -0.4 is 10.2 Å². The van der Waals surface area contributed by atoms with Crippen LogP contribution in [-0.4, -0.2) is 43.3 Å². The van der Waals surface area contributed by atoms with Gasteiger partial charge in [0, 0.05) is 44.2 Å². The molecule has 2 heterocycles. The fraction of sp³-hybridized carbons (Fsp3) is 0.750. The minimum atomic E-state index is 0.596. The maximum Gasteiger partial charge on any atom is 0.225 e. The van der Waals surface area contributed by atoms with E-state index in [-0.39, 0.29) is 0 Å². The molecule has 1 aliphatic rings. The normalized spacial score (nSPS) is 18.7. The van der Waals surface area contributed by atoms with E-state index in [1.165, 1.54) is 18.4 Å². The Hall–Kier alpha value is -1.20. The first-order valence-corrected chi connectivity index (χ1v) is 8.02. The molecule has 0 bridgehead atoms. The van der Waals surface area contributed by atoms with Crippen molar-refractivity contribution in [2.45, 2.75) is 39.7 Å². The van der Waals surface area contributed by atoms with Gasteiger partial charge in [-0.05, 0) is 38.6 Å². The zero-order valence-electron chi connectivity index (χ0n) is 13.6. The Morgan fingerprint density at radius 1 is 1.48 bits per heavy atom. The first-order valence-electron chi connectivity index (χ1n) is 8.02. The molecule has 0 saturated carbocycles. The van der Waals surface area contributed by atoms with Crippen molar-refractivity contribution in [1.29, 1.82) is 0 Å². The van der Waals surface area contributed by atoms with E-state index < -0.39 is 0 Å². The molecular formula is C16H28N4O. The molecule has 21 heavy (non-hydrogen) atoms. The summed E-state index contributed by atoms with van der Waals surface area (Å²) in [5.41, 5.74) is 2.25. The van der Waals surface area contributed by atoms with Crippen molar-refractivity contribution in [2.24, 2.45) is 5.92 Å². The third kappa shape index (κ3) is 4.93. The van der Waals surface area contributed by atoms with Crippen molar-refractivity contribution in [3.63, 3.8) is 0 Å². The van der Waals surface area contributed by atoms with Crippen LogP contribution in [0.3, 0.4) is 0 Å². The Morgan fingerprint density at radius 3 is 3.00 bits per heavy atom. The topological polar surface area (TPSA) is 50.3 Å². The molecule has 5 nitrogen and oxygen atoms in total. The second-order valence-electron chi connectivity index (χ2n) is 5.92. The number of anilines is 1. The van der Waals surface area contributed by atoms with Gasteiger partial charge in [-0.25, -0.2) is 9.97 Å². The molecule has 0 aromatic carbocycles. The van der Waals surface area contributed by atoms with Crippen molar-refractivity contribution >= 4 is 5.95 Å². The molecule has 1 saturated heterocycles. The Bertz CT molecular complexity index is 432. The fourth-order valence-electron chi connectivity index (χ4n) is 2.66. The highest BCUT2D eigenvalue weighted by molar-refractivity contribution is 5.31. The first-order chi connectivity index (χ1) is 10.2. The van der Waals surface area contributed by atoms with Crippen LogP contribution in [0.25, 0.3) is 0 Å². The third-order valence-electron chi connectivity index (χ3n) is 3.94. The van der Waals surface area contributed by atoms with Gasteiger partial charge in [-0.3, -0.25) is 0 Å². The van der Waals surface area contributed by atoms with Gasteiger partial charge in [0.25, 0.3) is 0 Å². The van der Waals surface area contributed by atoms with Gasteiger partial charge in [0.05, 0.1) is 6.61 Å². The van der Waals surface area contributed by atoms with Gasteiger partial charge >= 0.3 is 0 Å². The smallest absolute Gasteiger partial charge is 0.225 e. The van der Waals surface area contributed by atoms with E-state index in [2.05, 4.69) is 41.1 Å². The highest BCUT2D eigenvalue weighted by Crippen LogP contribution is 2.17. The monoisotopic (exact) mass is 292 g/mol. The number of hydrogen-bond acceptors (Lipinski definition) is 5. The summed E-state index contributed by atoms with van der Waals surface area (Å²) in [4.78, 5) is 11.3. The minimum absolute atomic E-state index is 0.596. The van der Waals surface area contributed by atoms with Crippen LogP contribution in [0.1, 0.15) is 37.4 Å². The van der Waals surface area contributed by atoms with Crippen molar-refractivity contribution in [3.8, 4) is 0 Å². The number of rotatable bonds is 7. The lowest BCUT2D eigenvalue weighted by Crippen LogP contribution is -2.32. The molecular weight excluding hydrogens is 264 g/mol. The van der Waals surface area contributed by atoms with Gasteiger partial charge in [-0.2, -0.15) is 0 Å².